The minimum Gasteiger partial charge on any atom is -0.389 e. The van der Waals surface area contributed by atoms with E-state index in [2.05, 4.69) is 4.98 Å². The lowest BCUT2D eigenvalue weighted by Gasteiger charge is -2.35. The highest BCUT2D eigenvalue weighted by atomic mass is 16.3. The van der Waals surface area contributed by atoms with Crippen LogP contribution in [0, 0.1) is 6.92 Å². The number of nitrogens with one attached hydrogen (secondary N) is 1. The lowest BCUT2D eigenvalue weighted by atomic mass is 10.1. The minimum atomic E-state index is -0.357. The zero-order chi connectivity index (χ0) is 12.0. The Balaban J connectivity index is 2.04. The Morgan fingerprint density at radius 3 is 2.82 bits per heavy atom. The fourth-order valence-electron chi connectivity index (χ4n) is 2.33. The van der Waals surface area contributed by atoms with E-state index in [4.69, 9.17) is 0 Å². The molecule has 2 heterocycles. The number of rotatable bonds is 1. The first kappa shape index (κ1) is 10.4. The van der Waals surface area contributed by atoms with E-state index in [1.807, 2.05) is 31.2 Å². The van der Waals surface area contributed by atoms with Gasteiger partial charge in [0.1, 0.15) is 0 Å². The van der Waals surface area contributed by atoms with Gasteiger partial charge >= 0.3 is 0 Å². The Bertz CT molecular complexity index is 582. The number of aromatic nitrogens is 1. The standard InChI is InChI=1S/C13H14N2O2/c1-8-12(13(17)15-6-9(16)7-15)10-4-2-3-5-11(10)14-8/h2-5,9,14,16H,6-7H2,1H3. The molecule has 88 valence electrons. The highest BCUT2D eigenvalue weighted by Crippen LogP contribution is 2.24. The Morgan fingerprint density at radius 1 is 1.41 bits per heavy atom. The van der Waals surface area contributed by atoms with E-state index in [1.165, 1.54) is 0 Å². The summed E-state index contributed by atoms with van der Waals surface area (Å²) in [4.78, 5) is 17.1. The lowest BCUT2D eigenvalue weighted by Crippen LogP contribution is -2.53. The van der Waals surface area contributed by atoms with E-state index in [0.717, 1.165) is 22.2 Å². The normalized spacial score (nSPS) is 16.2. The molecule has 1 aliphatic heterocycles. The third-order valence-corrected chi connectivity index (χ3v) is 3.26. The molecule has 1 amide bonds. The van der Waals surface area contributed by atoms with Crippen molar-refractivity contribution in [2.45, 2.75) is 13.0 Å². The van der Waals surface area contributed by atoms with Crippen LogP contribution in [0.2, 0.25) is 0 Å². The molecule has 1 fully saturated rings. The monoisotopic (exact) mass is 230 g/mol. The van der Waals surface area contributed by atoms with Gasteiger partial charge in [-0.15, -0.1) is 0 Å². The van der Waals surface area contributed by atoms with E-state index in [0.29, 0.717) is 13.1 Å². The second kappa shape index (κ2) is 3.60. The topological polar surface area (TPSA) is 56.3 Å². The van der Waals surface area contributed by atoms with Crippen LogP contribution in [0.5, 0.6) is 0 Å². The molecule has 1 aliphatic rings. The molecule has 1 aromatic carbocycles. The average molecular weight is 230 g/mol. The van der Waals surface area contributed by atoms with Crippen molar-refractivity contribution < 1.29 is 9.90 Å². The molecule has 2 aromatic rings. The molecule has 1 aromatic heterocycles. The van der Waals surface area contributed by atoms with E-state index in [1.54, 1.807) is 4.90 Å². The largest absolute Gasteiger partial charge is 0.389 e. The molecule has 4 heteroatoms. The first-order chi connectivity index (χ1) is 8.16. The number of fused-ring (bicyclic) bond motifs is 1. The number of β-amino-alcohol motifs (C(OH)–C–C–N with tert-alkyl or cyclic N) is 1. The van der Waals surface area contributed by atoms with Crippen LogP contribution in [-0.2, 0) is 0 Å². The average Bonchev–Trinajstić information content (AvgIpc) is 2.60. The van der Waals surface area contributed by atoms with E-state index in [-0.39, 0.29) is 12.0 Å². The molecule has 0 radical (unpaired) electrons. The quantitative estimate of drug-likeness (QED) is 0.775. The highest BCUT2D eigenvalue weighted by molar-refractivity contribution is 6.08. The van der Waals surface area contributed by atoms with Gasteiger partial charge in [-0.3, -0.25) is 4.79 Å². The maximum absolute atomic E-state index is 12.3. The van der Waals surface area contributed by atoms with Crippen molar-refractivity contribution in [2.75, 3.05) is 13.1 Å². The summed E-state index contributed by atoms with van der Waals surface area (Å²) in [5.41, 5.74) is 2.60. The minimum absolute atomic E-state index is 0.00486. The second-order valence-corrected chi connectivity index (χ2v) is 4.53. The summed E-state index contributed by atoms with van der Waals surface area (Å²) in [5, 5.41) is 10.2. The zero-order valence-corrected chi connectivity index (χ0v) is 9.60. The summed E-state index contributed by atoms with van der Waals surface area (Å²) >= 11 is 0. The van der Waals surface area contributed by atoms with Gasteiger partial charge in [-0.25, -0.2) is 0 Å². The molecule has 3 rings (SSSR count). The van der Waals surface area contributed by atoms with Crippen LogP contribution < -0.4 is 0 Å². The lowest BCUT2D eigenvalue weighted by molar-refractivity contribution is 0.00597. The molecular formula is C13H14N2O2. The third kappa shape index (κ3) is 1.52. The van der Waals surface area contributed by atoms with Gasteiger partial charge in [0.15, 0.2) is 0 Å². The van der Waals surface area contributed by atoms with Crippen molar-refractivity contribution in [1.29, 1.82) is 0 Å². The fraction of sp³-hybridized carbons (Fsp3) is 0.308. The van der Waals surface area contributed by atoms with Crippen LogP contribution in [0.3, 0.4) is 0 Å². The van der Waals surface area contributed by atoms with Crippen molar-refractivity contribution in [3.63, 3.8) is 0 Å². The SMILES string of the molecule is Cc1[nH]c2ccccc2c1C(=O)N1CC(O)C1. The number of aliphatic hydroxyl groups is 1. The molecule has 0 unspecified atom stereocenters. The number of benzene rings is 1. The number of nitrogens with zero attached hydrogens (tertiary/aromatic N) is 1. The molecule has 0 spiro atoms. The number of aryl methyl sites for hydroxylation is 1. The second-order valence-electron chi connectivity index (χ2n) is 4.53. The van der Waals surface area contributed by atoms with Crippen molar-refractivity contribution in [2.24, 2.45) is 0 Å². The maximum Gasteiger partial charge on any atom is 0.256 e. The molecule has 0 aliphatic carbocycles. The molecular weight excluding hydrogens is 216 g/mol. The van der Waals surface area contributed by atoms with Gasteiger partial charge in [-0.1, -0.05) is 18.2 Å². The van der Waals surface area contributed by atoms with E-state index < -0.39 is 0 Å². The Morgan fingerprint density at radius 2 is 2.12 bits per heavy atom. The van der Waals surface area contributed by atoms with Crippen molar-refractivity contribution >= 4 is 16.8 Å². The summed E-state index contributed by atoms with van der Waals surface area (Å²) in [7, 11) is 0. The number of H-pyrrole nitrogens is 1. The molecule has 0 bridgehead atoms. The molecule has 1 saturated heterocycles. The number of carbonyl (C=O) groups excluding carboxylic acids is 1. The number of aromatic amines is 1. The summed E-state index contributed by atoms with van der Waals surface area (Å²) < 4.78 is 0. The van der Waals surface area contributed by atoms with Gasteiger partial charge in [-0.2, -0.15) is 0 Å². The summed E-state index contributed by atoms with van der Waals surface area (Å²) in [6, 6.07) is 7.78. The van der Waals surface area contributed by atoms with Gasteiger partial charge in [0.25, 0.3) is 5.91 Å². The van der Waals surface area contributed by atoms with Gasteiger partial charge in [0.05, 0.1) is 11.7 Å². The first-order valence-electron chi connectivity index (χ1n) is 5.71. The van der Waals surface area contributed by atoms with Crippen LogP contribution in [-0.4, -0.2) is 40.1 Å². The number of carbonyl (C=O) groups is 1. The van der Waals surface area contributed by atoms with Gasteiger partial charge in [-0.05, 0) is 13.0 Å². The van der Waals surface area contributed by atoms with Crippen LogP contribution in [0.4, 0.5) is 0 Å². The molecule has 0 saturated carbocycles. The van der Waals surface area contributed by atoms with Gasteiger partial charge < -0.3 is 15.0 Å². The number of aliphatic hydroxyl groups excluding tert-OH is 1. The predicted octanol–water partition coefficient (Wildman–Crippen LogP) is 1.29. The summed E-state index contributed by atoms with van der Waals surface area (Å²) in [5.74, 6) is 0.00486. The van der Waals surface area contributed by atoms with Crippen molar-refractivity contribution in [3.05, 3.63) is 35.5 Å². The van der Waals surface area contributed by atoms with Gasteiger partial charge in [0.2, 0.25) is 0 Å². The first-order valence-corrected chi connectivity index (χ1v) is 5.71. The van der Waals surface area contributed by atoms with E-state index in [9.17, 15) is 9.90 Å². The maximum atomic E-state index is 12.3. The zero-order valence-electron chi connectivity index (χ0n) is 9.60. The number of para-hydroxylation sites is 1. The molecule has 0 atom stereocenters. The highest BCUT2D eigenvalue weighted by Gasteiger charge is 2.31. The summed E-state index contributed by atoms with van der Waals surface area (Å²) in [6.07, 6.45) is -0.357. The number of hydrogen-bond acceptors (Lipinski definition) is 2. The van der Waals surface area contributed by atoms with Gasteiger partial charge in [0, 0.05) is 29.7 Å². The van der Waals surface area contributed by atoms with Crippen molar-refractivity contribution in [1.82, 2.24) is 9.88 Å². The number of hydrogen-bond donors (Lipinski definition) is 2. The number of amides is 1. The third-order valence-electron chi connectivity index (χ3n) is 3.26. The molecule has 17 heavy (non-hydrogen) atoms. The Labute approximate surface area is 98.9 Å². The predicted molar refractivity (Wildman–Crippen MR) is 64.9 cm³/mol. The van der Waals surface area contributed by atoms with Crippen LogP contribution in [0.15, 0.2) is 24.3 Å². The summed E-state index contributed by atoms with van der Waals surface area (Å²) in [6.45, 7) is 2.79. The van der Waals surface area contributed by atoms with Crippen LogP contribution in [0.1, 0.15) is 16.1 Å². The molecule has 2 N–H and O–H groups in total. The van der Waals surface area contributed by atoms with Crippen LogP contribution >= 0.6 is 0 Å². The molecule has 4 nitrogen and oxygen atoms in total. The number of likely N-dealkylation sites (tertiary alicyclic amines) is 1. The van der Waals surface area contributed by atoms with E-state index >= 15 is 0 Å². The van der Waals surface area contributed by atoms with Crippen molar-refractivity contribution in [3.8, 4) is 0 Å². The Hall–Kier alpha value is -1.81. The Kier molecular flexibility index (Phi) is 2.19. The van der Waals surface area contributed by atoms with Crippen LogP contribution in [0.25, 0.3) is 10.9 Å². The fourth-order valence-corrected chi connectivity index (χ4v) is 2.33. The smallest absolute Gasteiger partial charge is 0.256 e.